The van der Waals surface area contributed by atoms with Crippen LogP contribution in [0.2, 0.25) is 0 Å². The molecule has 0 radical (unpaired) electrons. The van der Waals surface area contributed by atoms with Crippen LogP contribution in [0.3, 0.4) is 0 Å². The molecule has 0 saturated heterocycles. The molecule has 2 aromatic rings. The monoisotopic (exact) mass is 229 g/mol. The molecule has 0 fully saturated rings. The van der Waals surface area contributed by atoms with Crippen molar-refractivity contribution in [2.24, 2.45) is 0 Å². The van der Waals surface area contributed by atoms with E-state index in [2.05, 4.69) is 47.2 Å². The van der Waals surface area contributed by atoms with Crippen molar-refractivity contribution < 1.29 is 0 Å². The van der Waals surface area contributed by atoms with Gasteiger partial charge in [0.05, 0.1) is 11.9 Å². The minimum atomic E-state index is 0.850. The molecule has 0 unspecified atom stereocenters. The van der Waals surface area contributed by atoms with E-state index in [1.807, 2.05) is 18.5 Å². The van der Waals surface area contributed by atoms with E-state index in [-0.39, 0.29) is 0 Å². The Kier molecular flexibility index (Phi) is 3.81. The van der Waals surface area contributed by atoms with Crippen LogP contribution < -0.4 is 5.32 Å². The van der Waals surface area contributed by atoms with E-state index < -0.39 is 0 Å². The van der Waals surface area contributed by atoms with E-state index in [4.69, 9.17) is 0 Å². The van der Waals surface area contributed by atoms with Gasteiger partial charge in [0.15, 0.2) is 0 Å². The van der Waals surface area contributed by atoms with Crippen LogP contribution in [0.15, 0.2) is 36.9 Å². The smallest absolute Gasteiger partial charge is 0.0559 e. The van der Waals surface area contributed by atoms with E-state index >= 15 is 0 Å². The highest BCUT2D eigenvalue weighted by Gasteiger charge is 1.99. The molecule has 0 aliphatic carbocycles. The standard InChI is InChI=1S/C14H19N3/c1-3-7-17-8-5-13(11-17)9-16-14-10-15-6-4-12(14)2/h4-6,8,10-11,16H,3,7,9H2,1-2H3. The predicted octanol–water partition coefficient (Wildman–Crippen LogP) is 3.21. The van der Waals surface area contributed by atoms with Gasteiger partial charge in [-0.1, -0.05) is 6.92 Å². The molecule has 0 aliphatic heterocycles. The summed E-state index contributed by atoms with van der Waals surface area (Å²) in [5.74, 6) is 0. The molecule has 0 bridgehead atoms. The second-order valence-electron chi connectivity index (χ2n) is 4.30. The maximum absolute atomic E-state index is 4.12. The third-order valence-electron chi connectivity index (χ3n) is 2.82. The summed E-state index contributed by atoms with van der Waals surface area (Å²) < 4.78 is 2.23. The summed E-state index contributed by atoms with van der Waals surface area (Å²) in [4.78, 5) is 4.12. The Labute approximate surface area is 103 Å². The van der Waals surface area contributed by atoms with Crippen molar-refractivity contribution in [2.75, 3.05) is 5.32 Å². The number of hydrogen-bond acceptors (Lipinski definition) is 2. The van der Waals surface area contributed by atoms with Gasteiger partial charge in [-0.15, -0.1) is 0 Å². The molecule has 1 N–H and O–H groups in total. The predicted molar refractivity (Wildman–Crippen MR) is 71.0 cm³/mol. The van der Waals surface area contributed by atoms with Gasteiger partial charge in [-0.05, 0) is 36.6 Å². The molecule has 90 valence electrons. The highest BCUT2D eigenvalue weighted by atomic mass is 14.9. The Morgan fingerprint density at radius 2 is 2.24 bits per heavy atom. The van der Waals surface area contributed by atoms with Gasteiger partial charge in [0.1, 0.15) is 0 Å². The van der Waals surface area contributed by atoms with E-state index in [1.54, 1.807) is 0 Å². The van der Waals surface area contributed by atoms with Gasteiger partial charge in [0, 0.05) is 31.7 Å². The van der Waals surface area contributed by atoms with E-state index in [0.29, 0.717) is 0 Å². The Bertz CT molecular complexity index is 474. The second-order valence-corrected chi connectivity index (χ2v) is 4.30. The average molecular weight is 229 g/mol. The summed E-state index contributed by atoms with van der Waals surface area (Å²) in [7, 11) is 0. The zero-order valence-electron chi connectivity index (χ0n) is 10.5. The Morgan fingerprint density at radius 1 is 1.35 bits per heavy atom. The lowest BCUT2D eigenvalue weighted by atomic mass is 10.2. The van der Waals surface area contributed by atoms with E-state index in [0.717, 1.165) is 18.8 Å². The number of nitrogens with zero attached hydrogens (tertiary/aromatic N) is 2. The van der Waals surface area contributed by atoms with Crippen LogP contribution in [-0.4, -0.2) is 9.55 Å². The van der Waals surface area contributed by atoms with Gasteiger partial charge in [0.25, 0.3) is 0 Å². The first-order chi connectivity index (χ1) is 8.29. The third kappa shape index (κ3) is 3.09. The quantitative estimate of drug-likeness (QED) is 0.853. The first-order valence-corrected chi connectivity index (χ1v) is 6.08. The third-order valence-corrected chi connectivity index (χ3v) is 2.82. The molecular formula is C14H19N3. The molecular weight excluding hydrogens is 210 g/mol. The average Bonchev–Trinajstić information content (AvgIpc) is 2.76. The summed E-state index contributed by atoms with van der Waals surface area (Å²) in [5.41, 5.74) is 3.64. The van der Waals surface area contributed by atoms with Crippen LogP contribution >= 0.6 is 0 Å². The topological polar surface area (TPSA) is 29.9 Å². The zero-order valence-corrected chi connectivity index (χ0v) is 10.5. The lowest BCUT2D eigenvalue weighted by Gasteiger charge is -2.07. The Balaban J connectivity index is 1.95. The van der Waals surface area contributed by atoms with Crippen LogP contribution in [0, 0.1) is 6.92 Å². The number of aryl methyl sites for hydroxylation is 2. The SMILES string of the molecule is CCCn1ccc(CNc2cnccc2C)c1. The summed E-state index contributed by atoms with van der Waals surface area (Å²) in [6.07, 6.45) is 9.19. The first kappa shape index (κ1) is 11.7. The highest BCUT2D eigenvalue weighted by Crippen LogP contribution is 2.13. The molecule has 17 heavy (non-hydrogen) atoms. The van der Waals surface area contributed by atoms with Gasteiger partial charge >= 0.3 is 0 Å². The fourth-order valence-electron chi connectivity index (χ4n) is 1.84. The molecule has 3 nitrogen and oxygen atoms in total. The molecule has 0 amide bonds. The van der Waals surface area contributed by atoms with Gasteiger partial charge in [-0.2, -0.15) is 0 Å². The molecule has 0 aromatic carbocycles. The van der Waals surface area contributed by atoms with Crippen LogP contribution in [0.5, 0.6) is 0 Å². The fraction of sp³-hybridized carbons (Fsp3) is 0.357. The highest BCUT2D eigenvalue weighted by molar-refractivity contribution is 5.48. The lowest BCUT2D eigenvalue weighted by Crippen LogP contribution is -2.00. The number of aromatic nitrogens is 2. The largest absolute Gasteiger partial charge is 0.379 e. The van der Waals surface area contributed by atoms with Crippen LogP contribution in [-0.2, 0) is 13.1 Å². The molecule has 0 spiro atoms. The van der Waals surface area contributed by atoms with Crippen LogP contribution in [0.4, 0.5) is 5.69 Å². The molecule has 0 saturated carbocycles. The Morgan fingerprint density at radius 3 is 3.00 bits per heavy atom. The number of hydrogen-bond donors (Lipinski definition) is 1. The summed E-state index contributed by atoms with van der Waals surface area (Å²) in [6.45, 7) is 6.22. The van der Waals surface area contributed by atoms with E-state index in [9.17, 15) is 0 Å². The molecule has 2 aromatic heterocycles. The Hall–Kier alpha value is -1.77. The summed E-state index contributed by atoms with van der Waals surface area (Å²) in [6, 6.07) is 4.18. The van der Waals surface area contributed by atoms with Gasteiger partial charge in [-0.25, -0.2) is 0 Å². The fourth-order valence-corrected chi connectivity index (χ4v) is 1.84. The molecule has 2 heterocycles. The van der Waals surface area contributed by atoms with Gasteiger partial charge < -0.3 is 9.88 Å². The lowest BCUT2D eigenvalue weighted by molar-refractivity contribution is 0.681. The summed E-state index contributed by atoms with van der Waals surface area (Å²) >= 11 is 0. The van der Waals surface area contributed by atoms with E-state index in [1.165, 1.54) is 17.5 Å². The van der Waals surface area contributed by atoms with Crippen molar-refractivity contribution in [1.29, 1.82) is 0 Å². The summed E-state index contributed by atoms with van der Waals surface area (Å²) in [5, 5.41) is 3.41. The second kappa shape index (κ2) is 5.53. The van der Waals surface area contributed by atoms with Crippen molar-refractivity contribution in [2.45, 2.75) is 33.4 Å². The number of nitrogens with one attached hydrogen (secondary N) is 1. The maximum atomic E-state index is 4.12. The van der Waals surface area contributed by atoms with Crippen molar-refractivity contribution in [1.82, 2.24) is 9.55 Å². The minimum absolute atomic E-state index is 0.850. The number of rotatable bonds is 5. The van der Waals surface area contributed by atoms with Crippen molar-refractivity contribution in [3.63, 3.8) is 0 Å². The van der Waals surface area contributed by atoms with Gasteiger partial charge in [-0.3, -0.25) is 4.98 Å². The zero-order chi connectivity index (χ0) is 12.1. The minimum Gasteiger partial charge on any atom is -0.379 e. The van der Waals surface area contributed by atoms with Crippen molar-refractivity contribution in [3.05, 3.63) is 48.0 Å². The number of pyridine rings is 1. The normalized spacial score (nSPS) is 10.5. The first-order valence-electron chi connectivity index (χ1n) is 6.08. The number of anilines is 1. The maximum Gasteiger partial charge on any atom is 0.0559 e. The van der Waals surface area contributed by atoms with Crippen molar-refractivity contribution >= 4 is 5.69 Å². The van der Waals surface area contributed by atoms with Crippen molar-refractivity contribution in [3.8, 4) is 0 Å². The molecule has 3 heteroatoms. The molecule has 0 aliphatic rings. The van der Waals surface area contributed by atoms with Crippen LogP contribution in [0.1, 0.15) is 24.5 Å². The van der Waals surface area contributed by atoms with Gasteiger partial charge in [0.2, 0.25) is 0 Å². The molecule has 2 rings (SSSR count). The van der Waals surface area contributed by atoms with Crippen LogP contribution in [0.25, 0.3) is 0 Å². The molecule has 0 atom stereocenters.